The van der Waals surface area contributed by atoms with Gasteiger partial charge >= 0.3 is 11.8 Å². The van der Waals surface area contributed by atoms with Gasteiger partial charge in [-0.3, -0.25) is 9.59 Å². The van der Waals surface area contributed by atoms with E-state index in [1.165, 1.54) is 5.56 Å². The summed E-state index contributed by atoms with van der Waals surface area (Å²) in [5, 5.41) is 5.51. The number of hydrogen-bond donors (Lipinski definition) is 2. The molecule has 23 heavy (non-hydrogen) atoms. The van der Waals surface area contributed by atoms with Gasteiger partial charge in [-0.1, -0.05) is 54.1 Å². The lowest BCUT2D eigenvalue weighted by Crippen LogP contribution is -2.36. The zero-order chi connectivity index (χ0) is 16.5. The molecule has 0 aromatic heterocycles. The van der Waals surface area contributed by atoms with Crippen LogP contribution < -0.4 is 10.6 Å². The summed E-state index contributed by atoms with van der Waals surface area (Å²) in [5.41, 5.74) is 1.70. The topological polar surface area (TPSA) is 58.2 Å². The lowest BCUT2D eigenvalue weighted by atomic mass is 10.1. The Balaban J connectivity index is 1.66. The highest BCUT2D eigenvalue weighted by atomic mass is 35.5. The molecule has 0 unspecified atom stereocenters. The monoisotopic (exact) mass is 330 g/mol. The van der Waals surface area contributed by atoms with Crippen molar-refractivity contribution in [2.24, 2.45) is 0 Å². The van der Waals surface area contributed by atoms with E-state index in [4.69, 9.17) is 11.6 Å². The number of para-hydroxylation sites is 1. The van der Waals surface area contributed by atoms with Crippen LogP contribution in [-0.2, 0) is 16.0 Å². The minimum Gasteiger partial charge on any atom is -0.348 e. The van der Waals surface area contributed by atoms with Gasteiger partial charge in [0.2, 0.25) is 0 Å². The molecule has 4 nitrogen and oxygen atoms in total. The van der Waals surface area contributed by atoms with Crippen LogP contribution in [0.3, 0.4) is 0 Å². The van der Waals surface area contributed by atoms with E-state index in [-0.39, 0.29) is 0 Å². The first-order valence-corrected chi connectivity index (χ1v) is 7.92. The number of unbranched alkanes of at least 4 members (excludes halogenated alkanes) is 1. The van der Waals surface area contributed by atoms with Gasteiger partial charge in [0.15, 0.2) is 0 Å². The number of amides is 2. The number of carbonyl (C=O) groups excluding carboxylic acids is 2. The highest BCUT2D eigenvalue weighted by Gasteiger charge is 2.13. The maximum Gasteiger partial charge on any atom is 0.313 e. The number of hydrogen-bond acceptors (Lipinski definition) is 2. The first kappa shape index (κ1) is 17.0. The number of nitrogens with one attached hydrogen (secondary N) is 2. The van der Waals surface area contributed by atoms with Crippen LogP contribution in [0.25, 0.3) is 0 Å². The van der Waals surface area contributed by atoms with Crippen molar-refractivity contribution in [1.29, 1.82) is 0 Å². The molecule has 0 atom stereocenters. The van der Waals surface area contributed by atoms with Gasteiger partial charge in [-0.2, -0.15) is 0 Å². The molecule has 0 saturated carbocycles. The average Bonchev–Trinajstić information content (AvgIpc) is 2.57. The third-order valence-electron chi connectivity index (χ3n) is 3.35. The Morgan fingerprint density at radius 2 is 1.57 bits per heavy atom. The van der Waals surface area contributed by atoms with E-state index in [9.17, 15) is 9.59 Å². The molecule has 2 aromatic rings. The van der Waals surface area contributed by atoms with Gasteiger partial charge in [0.05, 0.1) is 10.7 Å². The van der Waals surface area contributed by atoms with Gasteiger partial charge in [0.1, 0.15) is 0 Å². The molecule has 2 rings (SSSR count). The van der Waals surface area contributed by atoms with E-state index in [0.717, 1.165) is 19.3 Å². The molecule has 0 aliphatic heterocycles. The summed E-state index contributed by atoms with van der Waals surface area (Å²) >= 11 is 5.93. The quantitative estimate of drug-likeness (QED) is 0.630. The zero-order valence-corrected chi connectivity index (χ0v) is 13.5. The fourth-order valence-corrected chi connectivity index (χ4v) is 2.31. The second kappa shape index (κ2) is 8.96. The van der Waals surface area contributed by atoms with E-state index in [2.05, 4.69) is 22.8 Å². The first-order valence-electron chi connectivity index (χ1n) is 7.54. The van der Waals surface area contributed by atoms with Crippen molar-refractivity contribution < 1.29 is 9.59 Å². The summed E-state index contributed by atoms with van der Waals surface area (Å²) in [6, 6.07) is 17.0. The summed E-state index contributed by atoms with van der Waals surface area (Å²) in [6.45, 7) is 0.474. The molecular formula is C18H19ClN2O2. The molecule has 120 valence electrons. The summed E-state index contributed by atoms with van der Waals surface area (Å²) in [4.78, 5) is 23.5. The Morgan fingerprint density at radius 3 is 2.30 bits per heavy atom. The molecule has 0 aliphatic carbocycles. The Hall–Kier alpha value is -2.33. The Kier molecular flexibility index (Phi) is 6.63. The second-order valence-electron chi connectivity index (χ2n) is 5.13. The highest BCUT2D eigenvalue weighted by molar-refractivity contribution is 6.41. The molecule has 2 N–H and O–H groups in total. The lowest BCUT2D eigenvalue weighted by molar-refractivity contribution is -0.136. The summed E-state index contributed by atoms with van der Waals surface area (Å²) < 4.78 is 0. The van der Waals surface area contributed by atoms with Gasteiger partial charge in [-0.15, -0.1) is 0 Å². The van der Waals surface area contributed by atoms with Crippen LogP contribution in [0.15, 0.2) is 54.6 Å². The van der Waals surface area contributed by atoms with Gasteiger partial charge in [0.25, 0.3) is 0 Å². The highest BCUT2D eigenvalue weighted by Crippen LogP contribution is 2.20. The van der Waals surface area contributed by atoms with Crippen molar-refractivity contribution in [3.8, 4) is 0 Å². The van der Waals surface area contributed by atoms with Crippen molar-refractivity contribution >= 4 is 29.1 Å². The fourth-order valence-electron chi connectivity index (χ4n) is 2.12. The van der Waals surface area contributed by atoms with Crippen LogP contribution in [0.4, 0.5) is 5.69 Å². The zero-order valence-electron chi connectivity index (χ0n) is 12.7. The van der Waals surface area contributed by atoms with Crippen LogP contribution in [-0.4, -0.2) is 18.4 Å². The van der Waals surface area contributed by atoms with Crippen LogP contribution in [0, 0.1) is 0 Å². The largest absolute Gasteiger partial charge is 0.348 e. The molecule has 0 aliphatic rings. The lowest BCUT2D eigenvalue weighted by Gasteiger charge is -2.07. The number of anilines is 1. The van der Waals surface area contributed by atoms with Crippen LogP contribution >= 0.6 is 11.6 Å². The minimum absolute atomic E-state index is 0.400. The Labute approximate surface area is 140 Å². The van der Waals surface area contributed by atoms with E-state index in [1.54, 1.807) is 24.3 Å². The van der Waals surface area contributed by atoms with Crippen LogP contribution in [0.1, 0.15) is 18.4 Å². The number of halogens is 1. The third kappa shape index (κ3) is 5.75. The fraction of sp³-hybridized carbons (Fsp3) is 0.222. The molecule has 0 bridgehead atoms. The van der Waals surface area contributed by atoms with E-state index in [1.807, 2.05) is 18.2 Å². The van der Waals surface area contributed by atoms with Gasteiger partial charge < -0.3 is 10.6 Å². The van der Waals surface area contributed by atoms with Crippen molar-refractivity contribution in [1.82, 2.24) is 5.32 Å². The summed E-state index contributed by atoms with van der Waals surface area (Å²) in [5.74, 6) is -1.36. The van der Waals surface area contributed by atoms with E-state index >= 15 is 0 Å². The smallest absolute Gasteiger partial charge is 0.313 e. The molecule has 0 fully saturated rings. The van der Waals surface area contributed by atoms with Crippen molar-refractivity contribution in [3.05, 3.63) is 65.2 Å². The molecule has 2 amide bonds. The van der Waals surface area contributed by atoms with Gasteiger partial charge in [-0.05, 0) is 37.0 Å². The maximum absolute atomic E-state index is 11.8. The molecule has 2 aromatic carbocycles. The maximum atomic E-state index is 11.8. The molecule has 5 heteroatoms. The van der Waals surface area contributed by atoms with Crippen molar-refractivity contribution in [2.45, 2.75) is 19.3 Å². The second-order valence-corrected chi connectivity index (χ2v) is 5.54. The van der Waals surface area contributed by atoms with Crippen LogP contribution in [0.5, 0.6) is 0 Å². The van der Waals surface area contributed by atoms with Crippen LogP contribution in [0.2, 0.25) is 5.02 Å². The molecule has 0 saturated heterocycles. The molecular weight excluding hydrogens is 312 g/mol. The van der Waals surface area contributed by atoms with E-state index in [0.29, 0.717) is 17.3 Å². The van der Waals surface area contributed by atoms with Gasteiger partial charge in [-0.25, -0.2) is 0 Å². The number of carbonyl (C=O) groups is 2. The average molecular weight is 331 g/mol. The third-order valence-corrected chi connectivity index (χ3v) is 3.68. The van der Waals surface area contributed by atoms with Crippen molar-refractivity contribution in [2.75, 3.05) is 11.9 Å². The minimum atomic E-state index is -0.707. The standard InChI is InChI=1S/C18H19ClN2O2/c19-15-11-4-5-12-16(15)21-18(23)17(22)20-13-7-6-10-14-8-2-1-3-9-14/h1-5,8-9,11-12H,6-7,10,13H2,(H,20,22)(H,21,23). The molecule has 0 heterocycles. The van der Waals surface area contributed by atoms with Gasteiger partial charge in [0, 0.05) is 6.54 Å². The van der Waals surface area contributed by atoms with E-state index < -0.39 is 11.8 Å². The SMILES string of the molecule is O=C(NCCCCc1ccccc1)C(=O)Nc1ccccc1Cl. The predicted octanol–water partition coefficient (Wildman–Crippen LogP) is 3.42. The normalized spacial score (nSPS) is 10.1. The molecule has 0 spiro atoms. The molecule has 0 radical (unpaired) electrons. The number of benzene rings is 2. The Bertz CT molecular complexity index is 659. The predicted molar refractivity (Wildman–Crippen MR) is 92.5 cm³/mol. The number of rotatable bonds is 6. The van der Waals surface area contributed by atoms with Crippen molar-refractivity contribution in [3.63, 3.8) is 0 Å². The first-order chi connectivity index (χ1) is 11.2. The summed E-state index contributed by atoms with van der Waals surface area (Å²) in [7, 11) is 0. The number of aryl methyl sites for hydroxylation is 1. The Morgan fingerprint density at radius 1 is 0.870 bits per heavy atom. The summed E-state index contributed by atoms with van der Waals surface area (Å²) in [6.07, 6.45) is 2.74.